The van der Waals surface area contributed by atoms with Gasteiger partial charge in [0.1, 0.15) is 11.1 Å². The summed E-state index contributed by atoms with van der Waals surface area (Å²) >= 11 is 1.63. The molecule has 0 aromatic heterocycles. The maximum Gasteiger partial charge on any atom is 0.238 e. The molecular formula is C21H23NO2S. The Balaban J connectivity index is 1.95. The molecule has 0 radical (unpaired) electrons. The molecule has 3 nitrogen and oxygen atoms in total. The molecule has 1 heterocycles. The van der Waals surface area contributed by atoms with Crippen LogP contribution < -0.4 is 4.90 Å². The molecule has 4 heteroatoms. The predicted octanol–water partition coefficient (Wildman–Crippen LogP) is 4.94. The number of phenolic OH excluding ortho intramolecular Hbond substituents is 1. The zero-order valence-electron chi connectivity index (χ0n) is 14.8. The zero-order valence-corrected chi connectivity index (χ0v) is 15.6. The summed E-state index contributed by atoms with van der Waals surface area (Å²) in [5.74, 6) is 1.08. The number of hydrogen-bond donors (Lipinski definition) is 1. The van der Waals surface area contributed by atoms with Crippen LogP contribution in [0.2, 0.25) is 0 Å². The van der Waals surface area contributed by atoms with Gasteiger partial charge in [-0.3, -0.25) is 9.69 Å². The number of hydrogen-bond acceptors (Lipinski definition) is 3. The highest BCUT2D eigenvalue weighted by molar-refractivity contribution is 8.01. The summed E-state index contributed by atoms with van der Waals surface area (Å²) in [6.45, 7) is 6.02. The Morgan fingerprint density at radius 1 is 1.24 bits per heavy atom. The fourth-order valence-corrected chi connectivity index (χ4v) is 4.05. The molecule has 130 valence electrons. The Hall–Kier alpha value is -2.20. The fraction of sp³-hybridized carbons (Fsp3) is 0.286. The maximum absolute atomic E-state index is 12.5. The number of nitrogens with zero attached hydrogens (tertiary/aromatic N) is 1. The molecule has 25 heavy (non-hydrogen) atoms. The van der Waals surface area contributed by atoms with Crippen molar-refractivity contribution in [3.05, 3.63) is 65.2 Å². The van der Waals surface area contributed by atoms with E-state index in [4.69, 9.17) is 0 Å². The molecule has 1 N–H and O–H groups in total. The number of anilines is 1. The molecule has 1 saturated heterocycles. The van der Waals surface area contributed by atoms with Gasteiger partial charge in [0, 0.05) is 5.69 Å². The first-order valence-electron chi connectivity index (χ1n) is 8.48. The number of carbonyl (C=O) groups excluding carboxylic acids is 1. The van der Waals surface area contributed by atoms with E-state index in [0.717, 1.165) is 22.4 Å². The number of aromatic hydroxyl groups is 1. The smallest absolute Gasteiger partial charge is 0.238 e. The van der Waals surface area contributed by atoms with E-state index >= 15 is 0 Å². The van der Waals surface area contributed by atoms with Crippen molar-refractivity contribution in [2.24, 2.45) is 0 Å². The maximum atomic E-state index is 12.5. The Labute approximate surface area is 153 Å². The minimum absolute atomic E-state index is 0.0315. The van der Waals surface area contributed by atoms with Crippen molar-refractivity contribution in [3.63, 3.8) is 0 Å². The molecule has 0 spiro atoms. The van der Waals surface area contributed by atoms with Crippen molar-refractivity contribution in [3.8, 4) is 5.75 Å². The van der Waals surface area contributed by atoms with Gasteiger partial charge in [-0.15, -0.1) is 11.8 Å². The standard InChI is InChI=1S/C21H23NO2S/c1-14(2)17-12-18(15(3)11-19(17)23)22-20(24)13-25-21(22)10-9-16-7-5-4-6-8-16/h4-12,14,21,23H,13H2,1-3H3/b10-9+. The van der Waals surface area contributed by atoms with Gasteiger partial charge in [-0.2, -0.15) is 0 Å². The third-order valence-electron chi connectivity index (χ3n) is 4.38. The third kappa shape index (κ3) is 3.74. The monoisotopic (exact) mass is 353 g/mol. The highest BCUT2D eigenvalue weighted by atomic mass is 32.2. The van der Waals surface area contributed by atoms with Crippen LogP contribution in [0.4, 0.5) is 5.69 Å². The van der Waals surface area contributed by atoms with Crippen LogP contribution in [0.15, 0.2) is 48.5 Å². The summed E-state index contributed by atoms with van der Waals surface area (Å²) < 4.78 is 0. The molecule has 1 amide bonds. The molecule has 2 aromatic rings. The van der Waals surface area contributed by atoms with Gasteiger partial charge in [0.15, 0.2) is 0 Å². The molecule has 0 saturated carbocycles. The van der Waals surface area contributed by atoms with Crippen LogP contribution in [-0.2, 0) is 4.79 Å². The van der Waals surface area contributed by atoms with E-state index in [-0.39, 0.29) is 17.2 Å². The van der Waals surface area contributed by atoms with Gasteiger partial charge in [-0.25, -0.2) is 0 Å². The lowest BCUT2D eigenvalue weighted by Gasteiger charge is -2.25. The lowest BCUT2D eigenvalue weighted by molar-refractivity contribution is -0.115. The third-order valence-corrected chi connectivity index (χ3v) is 5.50. The van der Waals surface area contributed by atoms with E-state index < -0.39 is 0 Å². The highest BCUT2D eigenvalue weighted by Crippen LogP contribution is 2.38. The van der Waals surface area contributed by atoms with Gasteiger partial charge >= 0.3 is 0 Å². The first kappa shape index (κ1) is 17.6. The quantitative estimate of drug-likeness (QED) is 0.846. The van der Waals surface area contributed by atoms with Gasteiger partial charge in [-0.05, 0) is 41.7 Å². The molecule has 1 atom stereocenters. The average molecular weight is 353 g/mol. The minimum atomic E-state index is -0.0315. The molecular weight excluding hydrogens is 330 g/mol. The lowest BCUT2D eigenvalue weighted by atomic mass is 9.98. The van der Waals surface area contributed by atoms with E-state index in [1.807, 2.05) is 62.1 Å². The first-order chi connectivity index (χ1) is 12.0. The van der Waals surface area contributed by atoms with Gasteiger partial charge in [-0.1, -0.05) is 56.3 Å². The Kier molecular flexibility index (Phi) is 5.19. The summed E-state index contributed by atoms with van der Waals surface area (Å²) in [5.41, 5.74) is 3.79. The van der Waals surface area contributed by atoms with E-state index in [2.05, 4.69) is 12.2 Å². The Morgan fingerprint density at radius 2 is 1.96 bits per heavy atom. The van der Waals surface area contributed by atoms with Crippen LogP contribution in [-0.4, -0.2) is 22.1 Å². The predicted molar refractivity (Wildman–Crippen MR) is 106 cm³/mol. The summed E-state index contributed by atoms with van der Waals surface area (Å²) in [5, 5.41) is 10.2. The summed E-state index contributed by atoms with van der Waals surface area (Å²) in [6, 6.07) is 13.8. The second kappa shape index (κ2) is 7.36. The van der Waals surface area contributed by atoms with Crippen molar-refractivity contribution < 1.29 is 9.90 Å². The highest BCUT2D eigenvalue weighted by Gasteiger charge is 2.32. The molecule has 3 rings (SSSR count). The molecule has 1 fully saturated rings. The van der Waals surface area contributed by atoms with Crippen molar-refractivity contribution in [2.45, 2.75) is 32.1 Å². The number of aryl methyl sites for hydroxylation is 1. The normalized spacial score (nSPS) is 17.8. The zero-order chi connectivity index (χ0) is 18.0. The summed E-state index contributed by atoms with van der Waals surface area (Å²) in [6.07, 6.45) is 4.13. The van der Waals surface area contributed by atoms with Crippen LogP contribution in [0.25, 0.3) is 6.08 Å². The van der Waals surface area contributed by atoms with Crippen LogP contribution in [0.1, 0.15) is 36.5 Å². The Morgan fingerprint density at radius 3 is 2.64 bits per heavy atom. The Bertz CT molecular complexity index is 799. The fourth-order valence-electron chi connectivity index (χ4n) is 3.03. The topological polar surface area (TPSA) is 40.5 Å². The molecule has 1 unspecified atom stereocenters. The van der Waals surface area contributed by atoms with Gasteiger partial charge < -0.3 is 5.11 Å². The molecule has 0 bridgehead atoms. The second-order valence-electron chi connectivity index (χ2n) is 6.59. The summed E-state index contributed by atoms with van der Waals surface area (Å²) in [7, 11) is 0. The van der Waals surface area contributed by atoms with Crippen molar-refractivity contribution >= 4 is 29.4 Å². The van der Waals surface area contributed by atoms with Gasteiger partial charge in [0.05, 0.1) is 5.75 Å². The SMILES string of the molecule is Cc1cc(O)c(C(C)C)cc1N1C(=O)CSC1/C=C/c1ccccc1. The number of benzene rings is 2. The van der Waals surface area contributed by atoms with Crippen molar-refractivity contribution in [1.82, 2.24) is 0 Å². The number of thioether (sulfide) groups is 1. The van der Waals surface area contributed by atoms with Crippen LogP contribution in [0.3, 0.4) is 0 Å². The molecule has 1 aliphatic heterocycles. The van der Waals surface area contributed by atoms with Crippen molar-refractivity contribution in [1.29, 1.82) is 0 Å². The number of carbonyl (C=O) groups is 1. The first-order valence-corrected chi connectivity index (χ1v) is 9.52. The largest absolute Gasteiger partial charge is 0.508 e. The van der Waals surface area contributed by atoms with E-state index in [0.29, 0.717) is 11.5 Å². The van der Waals surface area contributed by atoms with Crippen molar-refractivity contribution in [2.75, 3.05) is 10.7 Å². The number of amides is 1. The number of rotatable bonds is 4. The van der Waals surface area contributed by atoms with E-state index in [1.54, 1.807) is 17.8 Å². The molecule has 1 aliphatic rings. The number of phenols is 1. The van der Waals surface area contributed by atoms with Crippen LogP contribution in [0, 0.1) is 6.92 Å². The summed E-state index contributed by atoms with van der Waals surface area (Å²) in [4.78, 5) is 14.4. The lowest BCUT2D eigenvalue weighted by Crippen LogP contribution is -2.32. The van der Waals surface area contributed by atoms with Crippen LogP contribution in [0.5, 0.6) is 5.75 Å². The molecule has 2 aromatic carbocycles. The van der Waals surface area contributed by atoms with E-state index in [1.165, 1.54) is 0 Å². The van der Waals surface area contributed by atoms with E-state index in [9.17, 15) is 9.90 Å². The molecule has 0 aliphatic carbocycles. The minimum Gasteiger partial charge on any atom is -0.508 e. The van der Waals surface area contributed by atoms with Gasteiger partial charge in [0.25, 0.3) is 0 Å². The van der Waals surface area contributed by atoms with Gasteiger partial charge in [0.2, 0.25) is 5.91 Å². The second-order valence-corrected chi connectivity index (χ2v) is 7.69. The average Bonchev–Trinajstić information content (AvgIpc) is 2.94. The van der Waals surface area contributed by atoms with Crippen LogP contribution >= 0.6 is 11.8 Å².